The Morgan fingerprint density at radius 3 is 2.37 bits per heavy atom. The number of rotatable bonds is 6. The van der Waals surface area contributed by atoms with Gasteiger partial charge in [0.2, 0.25) is 0 Å². The van der Waals surface area contributed by atoms with Gasteiger partial charge in [-0.05, 0) is 49.8 Å². The highest BCUT2D eigenvalue weighted by atomic mass is 79.9. The molecule has 0 aliphatic rings. The molecule has 1 aromatic rings. The second kappa shape index (κ2) is 6.37. The van der Waals surface area contributed by atoms with Crippen LogP contribution in [0.15, 0.2) is 4.47 Å². The van der Waals surface area contributed by atoms with Gasteiger partial charge in [0, 0.05) is 19.0 Å². The molecule has 2 unspecified atom stereocenters. The van der Waals surface area contributed by atoms with Crippen LogP contribution in [0.25, 0.3) is 0 Å². The number of aliphatic hydroxyl groups is 1. The Morgan fingerprint density at radius 1 is 1.42 bits per heavy atom. The number of nitrogens with zero attached hydrogens (tertiary/aromatic N) is 3. The first-order valence-corrected chi connectivity index (χ1v) is 7.62. The molecule has 0 radical (unpaired) electrons. The summed E-state index contributed by atoms with van der Waals surface area (Å²) < 4.78 is 2.91. The van der Waals surface area contributed by atoms with Gasteiger partial charge >= 0.3 is 0 Å². The van der Waals surface area contributed by atoms with Crippen molar-refractivity contribution in [1.29, 1.82) is 0 Å². The molecule has 0 bridgehead atoms. The maximum absolute atomic E-state index is 10.6. The predicted octanol–water partition coefficient (Wildman–Crippen LogP) is 2.38. The van der Waals surface area contributed by atoms with Gasteiger partial charge in [-0.1, -0.05) is 13.8 Å². The quantitative estimate of drug-likeness (QED) is 0.870. The Bertz CT molecular complexity index is 431. The van der Waals surface area contributed by atoms with Crippen molar-refractivity contribution in [2.75, 3.05) is 14.1 Å². The summed E-state index contributed by atoms with van der Waals surface area (Å²) in [7, 11) is 5.97. The zero-order chi connectivity index (χ0) is 14.8. The molecule has 110 valence electrons. The molecule has 0 amide bonds. The molecular weight excluding hydrogens is 306 g/mol. The van der Waals surface area contributed by atoms with Crippen molar-refractivity contribution >= 4 is 15.9 Å². The van der Waals surface area contributed by atoms with Gasteiger partial charge in [0.15, 0.2) is 0 Å². The third-order valence-electron chi connectivity index (χ3n) is 4.34. The number of aromatic nitrogens is 2. The van der Waals surface area contributed by atoms with Gasteiger partial charge in [-0.15, -0.1) is 0 Å². The van der Waals surface area contributed by atoms with Crippen molar-refractivity contribution in [2.45, 2.75) is 51.7 Å². The summed E-state index contributed by atoms with van der Waals surface area (Å²) in [6.07, 6.45) is 1.97. The lowest BCUT2D eigenvalue weighted by molar-refractivity contribution is 0.00191. The van der Waals surface area contributed by atoms with E-state index < -0.39 is 6.10 Å². The maximum Gasteiger partial charge on any atom is 0.0776 e. The topological polar surface area (TPSA) is 41.3 Å². The highest BCUT2D eigenvalue weighted by Gasteiger charge is 2.34. The molecule has 1 N–H and O–H groups in total. The van der Waals surface area contributed by atoms with Crippen LogP contribution in [0.4, 0.5) is 0 Å². The molecule has 19 heavy (non-hydrogen) atoms. The van der Waals surface area contributed by atoms with E-state index in [-0.39, 0.29) is 5.54 Å². The summed E-state index contributed by atoms with van der Waals surface area (Å²) in [4.78, 5) is 2.10. The van der Waals surface area contributed by atoms with Crippen LogP contribution in [0.3, 0.4) is 0 Å². The summed E-state index contributed by atoms with van der Waals surface area (Å²) in [5.41, 5.74) is 1.88. The fraction of sp³-hybridized carbons (Fsp3) is 0.786. The van der Waals surface area contributed by atoms with Gasteiger partial charge in [0.05, 0.1) is 22.0 Å². The van der Waals surface area contributed by atoms with E-state index in [4.69, 9.17) is 0 Å². The number of halogens is 1. The summed E-state index contributed by atoms with van der Waals surface area (Å²) in [5, 5.41) is 15.1. The number of hydrogen-bond acceptors (Lipinski definition) is 3. The standard InChI is InChI=1S/C14H26BrN3O/c1-7-10-13(15)11(18(6)16-10)9-12(19)14(3,8-2)17(4)5/h12,19H,7-9H2,1-6H3. The van der Waals surface area contributed by atoms with Crippen LogP contribution in [0.2, 0.25) is 0 Å². The first-order valence-electron chi connectivity index (χ1n) is 6.83. The fourth-order valence-electron chi connectivity index (χ4n) is 2.29. The van der Waals surface area contributed by atoms with Crippen LogP contribution in [-0.4, -0.2) is 45.5 Å². The third kappa shape index (κ3) is 3.20. The molecule has 0 saturated carbocycles. The molecule has 0 spiro atoms. The summed E-state index contributed by atoms with van der Waals surface area (Å²) in [5.74, 6) is 0. The monoisotopic (exact) mass is 331 g/mol. The molecule has 1 aromatic heterocycles. The van der Waals surface area contributed by atoms with Crippen molar-refractivity contribution in [3.05, 3.63) is 15.9 Å². The van der Waals surface area contributed by atoms with Crippen molar-refractivity contribution in [3.63, 3.8) is 0 Å². The highest BCUT2D eigenvalue weighted by Crippen LogP contribution is 2.28. The van der Waals surface area contributed by atoms with Gasteiger partial charge in [-0.2, -0.15) is 5.10 Å². The minimum absolute atomic E-state index is 0.226. The Morgan fingerprint density at radius 2 is 2.00 bits per heavy atom. The Hall–Kier alpha value is -0.390. The predicted molar refractivity (Wildman–Crippen MR) is 82.4 cm³/mol. The van der Waals surface area contributed by atoms with Crippen molar-refractivity contribution in [3.8, 4) is 0 Å². The first kappa shape index (κ1) is 16.7. The number of aliphatic hydroxyl groups excluding tert-OH is 1. The smallest absolute Gasteiger partial charge is 0.0776 e. The maximum atomic E-state index is 10.6. The van der Waals surface area contributed by atoms with E-state index >= 15 is 0 Å². The van der Waals surface area contributed by atoms with E-state index in [0.717, 1.165) is 28.7 Å². The van der Waals surface area contributed by atoms with Crippen LogP contribution < -0.4 is 0 Å². The lowest BCUT2D eigenvalue weighted by Gasteiger charge is -2.40. The van der Waals surface area contributed by atoms with Gasteiger partial charge in [-0.3, -0.25) is 4.68 Å². The second-order valence-corrected chi connectivity index (χ2v) is 6.30. The molecule has 1 rings (SSSR count). The average Bonchev–Trinajstić information content (AvgIpc) is 2.64. The normalized spacial score (nSPS) is 16.7. The number of aryl methyl sites for hydroxylation is 2. The van der Waals surface area contributed by atoms with E-state index in [2.05, 4.69) is 46.7 Å². The van der Waals surface area contributed by atoms with E-state index in [0.29, 0.717) is 6.42 Å². The molecule has 0 fully saturated rings. The molecule has 0 aromatic carbocycles. The van der Waals surface area contributed by atoms with E-state index in [1.165, 1.54) is 0 Å². The second-order valence-electron chi connectivity index (χ2n) is 5.51. The largest absolute Gasteiger partial charge is 0.391 e. The Balaban J connectivity index is 2.99. The van der Waals surface area contributed by atoms with Crippen LogP contribution in [0.5, 0.6) is 0 Å². The van der Waals surface area contributed by atoms with Gasteiger partial charge in [-0.25, -0.2) is 0 Å². The SMILES string of the molecule is CCc1nn(C)c(CC(O)C(C)(CC)N(C)C)c1Br. The van der Waals surface area contributed by atoms with E-state index in [9.17, 15) is 5.11 Å². The molecule has 0 aliphatic carbocycles. The first-order chi connectivity index (χ1) is 8.77. The molecule has 1 heterocycles. The zero-order valence-electron chi connectivity index (χ0n) is 12.9. The van der Waals surface area contributed by atoms with Crippen LogP contribution in [0, 0.1) is 0 Å². The van der Waals surface area contributed by atoms with Gasteiger partial charge < -0.3 is 10.0 Å². The third-order valence-corrected chi connectivity index (χ3v) is 5.26. The van der Waals surface area contributed by atoms with Gasteiger partial charge in [0.1, 0.15) is 0 Å². The minimum Gasteiger partial charge on any atom is -0.391 e. The molecule has 2 atom stereocenters. The molecule has 5 heteroatoms. The number of hydrogen-bond donors (Lipinski definition) is 1. The van der Waals surface area contributed by atoms with Crippen molar-refractivity contribution < 1.29 is 5.11 Å². The molecule has 0 saturated heterocycles. The zero-order valence-corrected chi connectivity index (χ0v) is 14.5. The summed E-state index contributed by atoms with van der Waals surface area (Å²) in [6, 6.07) is 0. The lowest BCUT2D eigenvalue weighted by atomic mass is 9.87. The van der Waals surface area contributed by atoms with Crippen molar-refractivity contribution in [1.82, 2.24) is 14.7 Å². The van der Waals surface area contributed by atoms with Gasteiger partial charge in [0.25, 0.3) is 0 Å². The highest BCUT2D eigenvalue weighted by molar-refractivity contribution is 9.10. The minimum atomic E-state index is -0.427. The Labute approximate surface area is 124 Å². The van der Waals surface area contributed by atoms with E-state index in [1.807, 2.05) is 25.8 Å². The molecule has 4 nitrogen and oxygen atoms in total. The van der Waals surface area contributed by atoms with Crippen molar-refractivity contribution in [2.24, 2.45) is 7.05 Å². The summed E-state index contributed by atoms with van der Waals surface area (Å²) >= 11 is 3.61. The van der Waals surface area contributed by atoms with E-state index in [1.54, 1.807) is 0 Å². The fourth-order valence-corrected chi connectivity index (χ4v) is 3.07. The molecule has 0 aliphatic heterocycles. The molecular formula is C14H26BrN3O. The van der Waals surface area contributed by atoms with Crippen LogP contribution >= 0.6 is 15.9 Å². The Kier molecular flexibility index (Phi) is 5.59. The average molecular weight is 332 g/mol. The number of likely N-dealkylation sites (N-methyl/N-ethyl adjacent to an activating group) is 1. The summed E-state index contributed by atoms with van der Waals surface area (Å²) in [6.45, 7) is 6.30. The van der Waals surface area contributed by atoms with Crippen LogP contribution in [-0.2, 0) is 19.9 Å². The lowest BCUT2D eigenvalue weighted by Crippen LogP contribution is -2.51. The van der Waals surface area contributed by atoms with Crippen LogP contribution in [0.1, 0.15) is 38.6 Å².